The van der Waals surface area contributed by atoms with Gasteiger partial charge < -0.3 is 5.73 Å². The van der Waals surface area contributed by atoms with E-state index in [-0.39, 0.29) is 6.04 Å². The van der Waals surface area contributed by atoms with Gasteiger partial charge in [-0.1, -0.05) is 18.5 Å². The van der Waals surface area contributed by atoms with Crippen molar-refractivity contribution in [3.8, 4) is 0 Å². The highest BCUT2D eigenvalue weighted by Gasteiger charge is 2.18. The molecule has 0 aliphatic heterocycles. The Hall–Kier alpha value is -0.490. The molecule has 0 bridgehead atoms. The molecular weight excluding hydrogens is 262 g/mol. The second kappa shape index (κ2) is 4.79. The van der Waals surface area contributed by atoms with Crippen LogP contribution in [0.5, 0.6) is 0 Å². The summed E-state index contributed by atoms with van der Waals surface area (Å²) in [6.07, 6.45) is 2.57. The van der Waals surface area contributed by atoms with Crippen LogP contribution in [0.3, 0.4) is 0 Å². The molecule has 2 heterocycles. The van der Waals surface area contributed by atoms with Gasteiger partial charge in [-0.15, -0.1) is 22.7 Å². The Morgan fingerprint density at radius 2 is 2.19 bits per heavy atom. The molecule has 0 aliphatic carbocycles. The maximum Gasteiger partial charge on any atom is 0.118 e. The van der Waals surface area contributed by atoms with Crippen molar-refractivity contribution in [1.82, 2.24) is 9.97 Å². The summed E-state index contributed by atoms with van der Waals surface area (Å²) < 4.78 is 0.662. The van der Waals surface area contributed by atoms with Crippen molar-refractivity contribution < 1.29 is 0 Å². The normalized spacial score (nSPS) is 13.0. The quantitative estimate of drug-likeness (QED) is 0.934. The molecule has 0 fully saturated rings. The summed E-state index contributed by atoms with van der Waals surface area (Å²) in [6, 6.07) is -0.249. The van der Waals surface area contributed by atoms with Crippen LogP contribution in [0.25, 0.3) is 0 Å². The fourth-order valence-electron chi connectivity index (χ4n) is 1.43. The maximum absolute atomic E-state index is 6.10. The maximum atomic E-state index is 6.10. The molecule has 16 heavy (non-hydrogen) atoms. The lowest BCUT2D eigenvalue weighted by Gasteiger charge is -2.02. The largest absolute Gasteiger partial charge is 0.316 e. The highest BCUT2D eigenvalue weighted by Crippen LogP contribution is 2.30. The first kappa shape index (κ1) is 12.0. The van der Waals surface area contributed by atoms with Crippen molar-refractivity contribution in [2.75, 3.05) is 0 Å². The van der Waals surface area contributed by atoms with Gasteiger partial charge in [0.25, 0.3) is 0 Å². The van der Waals surface area contributed by atoms with Gasteiger partial charge in [0.1, 0.15) is 20.4 Å². The van der Waals surface area contributed by atoms with Crippen LogP contribution in [-0.2, 0) is 6.42 Å². The molecule has 86 valence electrons. The number of nitrogens with zero attached hydrogens (tertiary/aromatic N) is 2. The van der Waals surface area contributed by atoms with Gasteiger partial charge >= 0.3 is 0 Å². The first-order chi connectivity index (χ1) is 7.61. The number of hydrogen-bond donors (Lipinski definition) is 1. The highest BCUT2D eigenvalue weighted by molar-refractivity contribution is 7.16. The molecule has 0 amide bonds. The van der Waals surface area contributed by atoms with E-state index in [0.717, 1.165) is 22.1 Å². The third kappa shape index (κ3) is 2.27. The van der Waals surface area contributed by atoms with Crippen LogP contribution in [0.2, 0.25) is 4.34 Å². The van der Waals surface area contributed by atoms with Crippen molar-refractivity contribution in [3.63, 3.8) is 0 Å². The molecule has 2 aromatic rings. The van der Waals surface area contributed by atoms with Crippen LogP contribution < -0.4 is 5.73 Å². The van der Waals surface area contributed by atoms with Crippen molar-refractivity contribution in [3.05, 3.63) is 31.1 Å². The molecule has 2 aromatic heterocycles. The van der Waals surface area contributed by atoms with Crippen LogP contribution in [0.15, 0.2) is 6.20 Å². The lowest BCUT2D eigenvalue weighted by Crippen LogP contribution is -2.11. The number of aromatic nitrogens is 2. The topological polar surface area (TPSA) is 51.8 Å². The molecule has 1 unspecified atom stereocenters. The zero-order valence-electron chi connectivity index (χ0n) is 9.03. The van der Waals surface area contributed by atoms with Crippen LogP contribution in [0.4, 0.5) is 0 Å². The minimum absolute atomic E-state index is 0.249. The van der Waals surface area contributed by atoms with Crippen molar-refractivity contribution in [2.24, 2.45) is 5.73 Å². The average molecular weight is 274 g/mol. The molecule has 0 radical (unpaired) electrons. The number of rotatable bonds is 3. The number of thiazole rings is 2. The van der Waals surface area contributed by atoms with E-state index in [0.29, 0.717) is 4.34 Å². The second-order valence-corrected chi connectivity index (χ2v) is 6.32. The summed E-state index contributed by atoms with van der Waals surface area (Å²) in [5.41, 5.74) is 7.23. The smallest absolute Gasteiger partial charge is 0.118 e. The highest BCUT2D eigenvalue weighted by atomic mass is 35.5. The van der Waals surface area contributed by atoms with E-state index in [1.54, 1.807) is 17.5 Å². The fraction of sp³-hybridized carbons (Fsp3) is 0.400. The van der Waals surface area contributed by atoms with Gasteiger partial charge in [-0.05, 0) is 13.3 Å². The van der Waals surface area contributed by atoms with Crippen LogP contribution in [0, 0.1) is 6.92 Å². The van der Waals surface area contributed by atoms with Gasteiger partial charge in [0.15, 0.2) is 0 Å². The zero-order valence-corrected chi connectivity index (χ0v) is 11.4. The number of halogens is 1. The van der Waals surface area contributed by atoms with E-state index in [1.165, 1.54) is 16.2 Å². The Morgan fingerprint density at radius 1 is 1.44 bits per heavy atom. The fourth-order valence-corrected chi connectivity index (χ4v) is 3.45. The van der Waals surface area contributed by atoms with Crippen LogP contribution >= 0.6 is 34.3 Å². The van der Waals surface area contributed by atoms with E-state index in [4.69, 9.17) is 17.3 Å². The van der Waals surface area contributed by atoms with Gasteiger partial charge in [0.2, 0.25) is 0 Å². The molecule has 0 saturated carbocycles. The van der Waals surface area contributed by atoms with Gasteiger partial charge in [-0.3, -0.25) is 0 Å². The van der Waals surface area contributed by atoms with E-state index >= 15 is 0 Å². The molecule has 1 atom stereocenters. The number of aryl methyl sites for hydroxylation is 2. The number of hydrogen-bond acceptors (Lipinski definition) is 5. The molecule has 0 aromatic carbocycles. The standard InChI is InChI=1S/C10H12ClN3S2/c1-3-6-5(2)15-10(14-6)8(12)9-13-4-7(11)16-9/h4,8H,3,12H2,1-2H3. The lowest BCUT2D eigenvalue weighted by molar-refractivity contribution is 0.833. The third-order valence-electron chi connectivity index (χ3n) is 2.27. The van der Waals surface area contributed by atoms with Crippen molar-refractivity contribution in [2.45, 2.75) is 26.3 Å². The molecule has 0 saturated heterocycles. The Morgan fingerprint density at radius 3 is 2.69 bits per heavy atom. The lowest BCUT2D eigenvalue weighted by atomic mass is 10.3. The second-order valence-electron chi connectivity index (χ2n) is 3.39. The SMILES string of the molecule is CCc1nc(C(N)c2ncc(Cl)s2)sc1C. The molecule has 3 nitrogen and oxygen atoms in total. The Labute approximate surface area is 107 Å². The summed E-state index contributed by atoms with van der Waals surface area (Å²) in [4.78, 5) is 9.95. The monoisotopic (exact) mass is 273 g/mol. The first-order valence-electron chi connectivity index (χ1n) is 4.94. The Bertz CT molecular complexity index is 492. The predicted molar refractivity (Wildman–Crippen MR) is 69.4 cm³/mol. The summed E-state index contributed by atoms with van der Waals surface area (Å²) >= 11 is 8.89. The predicted octanol–water partition coefficient (Wildman–Crippen LogP) is 3.17. The molecule has 6 heteroatoms. The molecule has 0 spiro atoms. The van der Waals surface area contributed by atoms with E-state index in [2.05, 4.69) is 23.8 Å². The van der Waals surface area contributed by atoms with E-state index in [1.807, 2.05) is 0 Å². The molecule has 2 N–H and O–H groups in total. The average Bonchev–Trinajstić information content (AvgIpc) is 2.83. The molecule has 2 rings (SSSR count). The molecule has 0 aliphatic rings. The minimum atomic E-state index is -0.249. The Balaban J connectivity index is 2.30. The van der Waals surface area contributed by atoms with Gasteiger partial charge in [-0.2, -0.15) is 0 Å². The van der Waals surface area contributed by atoms with Crippen LogP contribution in [0.1, 0.15) is 33.6 Å². The minimum Gasteiger partial charge on any atom is -0.316 e. The van der Waals surface area contributed by atoms with Crippen LogP contribution in [-0.4, -0.2) is 9.97 Å². The first-order valence-corrected chi connectivity index (χ1v) is 6.96. The number of nitrogens with two attached hydrogens (primary N) is 1. The summed E-state index contributed by atoms with van der Waals surface area (Å²) in [5.74, 6) is 0. The summed E-state index contributed by atoms with van der Waals surface area (Å²) in [6.45, 7) is 4.17. The van der Waals surface area contributed by atoms with Gasteiger partial charge in [0, 0.05) is 4.88 Å². The Kier molecular flexibility index (Phi) is 3.59. The van der Waals surface area contributed by atoms with Crippen molar-refractivity contribution >= 4 is 34.3 Å². The summed E-state index contributed by atoms with van der Waals surface area (Å²) in [5, 5.41) is 1.74. The summed E-state index contributed by atoms with van der Waals surface area (Å²) in [7, 11) is 0. The van der Waals surface area contributed by atoms with Gasteiger partial charge in [-0.25, -0.2) is 9.97 Å². The third-order valence-corrected chi connectivity index (χ3v) is 4.57. The van der Waals surface area contributed by atoms with Gasteiger partial charge in [0.05, 0.1) is 11.9 Å². The zero-order chi connectivity index (χ0) is 11.7. The molecular formula is C10H12ClN3S2. The van der Waals surface area contributed by atoms with E-state index < -0.39 is 0 Å². The van der Waals surface area contributed by atoms with Crippen molar-refractivity contribution in [1.29, 1.82) is 0 Å². The van der Waals surface area contributed by atoms with E-state index in [9.17, 15) is 0 Å².